The molecule has 0 fully saturated rings. The minimum atomic E-state index is 0.675. The smallest absolute Gasteiger partial charge is 0.0662 e. The lowest BCUT2D eigenvalue weighted by atomic mass is 9.98. The molecule has 1 aromatic heterocycles. The van der Waals surface area contributed by atoms with E-state index in [0.29, 0.717) is 5.92 Å². The van der Waals surface area contributed by atoms with Crippen LogP contribution in [0.25, 0.3) is 0 Å². The van der Waals surface area contributed by atoms with Crippen molar-refractivity contribution in [2.45, 2.75) is 32.1 Å². The summed E-state index contributed by atoms with van der Waals surface area (Å²) in [5.41, 5.74) is 9.70. The second-order valence-corrected chi connectivity index (χ2v) is 3.88. The third kappa shape index (κ3) is 1.27. The van der Waals surface area contributed by atoms with Crippen LogP contribution in [0.2, 0.25) is 0 Å². The van der Waals surface area contributed by atoms with Gasteiger partial charge in [0.2, 0.25) is 0 Å². The van der Waals surface area contributed by atoms with Crippen LogP contribution in [0.1, 0.15) is 35.7 Å². The highest BCUT2D eigenvalue weighted by molar-refractivity contribution is 5.33. The average Bonchev–Trinajstić information content (AvgIpc) is 2.58. The van der Waals surface area contributed by atoms with Gasteiger partial charge in [-0.2, -0.15) is 5.10 Å². The molecule has 2 rings (SSSR count). The molecule has 1 aromatic rings. The van der Waals surface area contributed by atoms with Crippen LogP contribution in [0.5, 0.6) is 0 Å². The Balaban J connectivity index is 2.34. The fraction of sp³-hybridized carbons (Fsp3) is 0.700. The molecule has 1 heterocycles. The van der Waals surface area contributed by atoms with E-state index < -0.39 is 0 Å². The normalized spacial score (nSPS) is 20.7. The second-order valence-electron chi connectivity index (χ2n) is 3.88. The summed E-state index contributed by atoms with van der Waals surface area (Å²) < 4.78 is 1.99. The van der Waals surface area contributed by atoms with E-state index in [1.807, 2.05) is 11.7 Å². The van der Waals surface area contributed by atoms with Crippen molar-refractivity contribution in [1.29, 1.82) is 0 Å². The van der Waals surface area contributed by atoms with Crippen molar-refractivity contribution in [3.05, 3.63) is 17.0 Å². The van der Waals surface area contributed by atoms with Crippen LogP contribution >= 0.6 is 0 Å². The van der Waals surface area contributed by atoms with Crippen molar-refractivity contribution >= 4 is 0 Å². The number of rotatable bonds is 2. The van der Waals surface area contributed by atoms with Gasteiger partial charge in [0.15, 0.2) is 0 Å². The number of aromatic nitrogens is 2. The zero-order valence-corrected chi connectivity index (χ0v) is 8.38. The van der Waals surface area contributed by atoms with Crippen molar-refractivity contribution in [2.75, 3.05) is 6.54 Å². The van der Waals surface area contributed by atoms with Gasteiger partial charge in [0.1, 0.15) is 0 Å². The zero-order chi connectivity index (χ0) is 9.42. The summed E-state index contributed by atoms with van der Waals surface area (Å²) in [5, 5.41) is 4.50. The molecule has 0 aromatic carbocycles. The van der Waals surface area contributed by atoms with E-state index in [1.54, 1.807) is 0 Å². The number of nitrogens with two attached hydrogens (primary N) is 1. The summed E-state index contributed by atoms with van der Waals surface area (Å²) in [6, 6.07) is 0. The maximum Gasteiger partial charge on any atom is 0.0662 e. The summed E-state index contributed by atoms with van der Waals surface area (Å²) in [6.07, 6.45) is 3.50. The van der Waals surface area contributed by atoms with E-state index in [2.05, 4.69) is 12.0 Å². The number of aryl methyl sites for hydroxylation is 2. The van der Waals surface area contributed by atoms with Crippen molar-refractivity contribution in [2.24, 2.45) is 12.8 Å². The first-order valence-electron chi connectivity index (χ1n) is 4.96. The largest absolute Gasteiger partial charge is 0.330 e. The van der Waals surface area contributed by atoms with Gasteiger partial charge < -0.3 is 5.73 Å². The quantitative estimate of drug-likeness (QED) is 0.739. The minimum absolute atomic E-state index is 0.675. The van der Waals surface area contributed by atoms with Crippen molar-refractivity contribution < 1.29 is 0 Å². The molecular weight excluding hydrogens is 162 g/mol. The Morgan fingerprint density at radius 1 is 1.62 bits per heavy atom. The van der Waals surface area contributed by atoms with E-state index in [0.717, 1.165) is 19.4 Å². The topological polar surface area (TPSA) is 43.8 Å². The fourth-order valence-corrected chi connectivity index (χ4v) is 2.35. The molecule has 1 aliphatic carbocycles. The molecule has 72 valence electrons. The number of fused-ring (bicyclic) bond motifs is 1. The van der Waals surface area contributed by atoms with Crippen LogP contribution in [0.4, 0.5) is 0 Å². The third-order valence-corrected chi connectivity index (χ3v) is 3.11. The lowest BCUT2D eigenvalue weighted by Gasteiger charge is -2.09. The van der Waals surface area contributed by atoms with Gasteiger partial charge >= 0.3 is 0 Å². The molecule has 0 saturated carbocycles. The Labute approximate surface area is 78.9 Å². The van der Waals surface area contributed by atoms with Crippen molar-refractivity contribution in [3.63, 3.8) is 0 Å². The monoisotopic (exact) mass is 179 g/mol. The van der Waals surface area contributed by atoms with Crippen LogP contribution in [0, 0.1) is 6.92 Å². The highest BCUT2D eigenvalue weighted by Gasteiger charge is 2.27. The fourth-order valence-electron chi connectivity index (χ4n) is 2.35. The Hall–Kier alpha value is -0.830. The van der Waals surface area contributed by atoms with Gasteiger partial charge in [0.05, 0.1) is 5.69 Å². The van der Waals surface area contributed by atoms with Gasteiger partial charge in [0, 0.05) is 12.7 Å². The Morgan fingerprint density at radius 3 is 3.08 bits per heavy atom. The van der Waals surface area contributed by atoms with E-state index in [1.165, 1.54) is 23.4 Å². The first-order chi connectivity index (χ1) is 6.24. The molecule has 0 saturated heterocycles. The van der Waals surface area contributed by atoms with Gasteiger partial charge in [-0.3, -0.25) is 4.68 Å². The van der Waals surface area contributed by atoms with Crippen LogP contribution in [-0.2, 0) is 13.5 Å². The SMILES string of the molecule is Cc1c2c(nn1C)CCC2CCN. The second kappa shape index (κ2) is 3.14. The molecule has 0 bridgehead atoms. The summed E-state index contributed by atoms with van der Waals surface area (Å²) in [4.78, 5) is 0. The van der Waals surface area contributed by atoms with Gasteiger partial charge in [-0.25, -0.2) is 0 Å². The summed E-state index contributed by atoms with van der Waals surface area (Å²) >= 11 is 0. The number of hydrogen-bond donors (Lipinski definition) is 1. The lowest BCUT2D eigenvalue weighted by molar-refractivity contribution is 0.605. The molecule has 1 aliphatic rings. The van der Waals surface area contributed by atoms with E-state index in [4.69, 9.17) is 5.73 Å². The molecule has 0 aliphatic heterocycles. The standard InChI is InChI=1S/C10H17N3/c1-7-10-8(5-6-11)3-4-9(10)12-13(7)2/h8H,3-6,11H2,1-2H3. The van der Waals surface area contributed by atoms with Gasteiger partial charge in [-0.15, -0.1) is 0 Å². The van der Waals surface area contributed by atoms with Crippen LogP contribution in [-0.4, -0.2) is 16.3 Å². The first kappa shape index (κ1) is 8.75. The van der Waals surface area contributed by atoms with Crippen LogP contribution < -0.4 is 5.73 Å². The molecule has 3 heteroatoms. The number of hydrogen-bond acceptors (Lipinski definition) is 2. The predicted octanol–water partition coefficient (Wildman–Crippen LogP) is 1.11. The van der Waals surface area contributed by atoms with Gasteiger partial charge in [0.25, 0.3) is 0 Å². The van der Waals surface area contributed by atoms with Gasteiger partial charge in [-0.1, -0.05) is 0 Å². The highest BCUT2D eigenvalue weighted by Crippen LogP contribution is 2.36. The summed E-state index contributed by atoms with van der Waals surface area (Å²) in [5.74, 6) is 0.675. The highest BCUT2D eigenvalue weighted by atomic mass is 15.3. The Morgan fingerprint density at radius 2 is 2.38 bits per heavy atom. The molecule has 0 spiro atoms. The van der Waals surface area contributed by atoms with Crippen molar-refractivity contribution in [3.8, 4) is 0 Å². The average molecular weight is 179 g/mol. The maximum absolute atomic E-state index is 5.60. The molecule has 0 amide bonds. The Bertz CT molecular complexity index is 314. The molecular formula is C10H17N3. The Kier molecular flexibility index (Phi) is 2.12. The molecule has 3 nitrogen and oxygen atoms in total. The maximum atomic E-state index is 5.60. The van der Waals surface area contributed by atoms with Gasteiger partial charge in [-0.05, 0) is 44.2 Å². The third-order valence-electron chi connectivity index (χ3n) is 3.11. The molecule has 2 N–H and O–H groups in total. The molecule has 1 atom stereocenters. The van der Waals surface area contributed by atoms with E-state index in [9.17, 15) is 0 Å². The molecule has 13 heavy (non-hydrogen) atoms. The van der Waals surface area contributed by atoms with Crippen LogP contribution in [0.15, 0.2) is 0 Å². The van der Waals surface area contributed by atoms with E-state index in [-0.39, 0.29) is 0 Å². The van der Waals surface area contributed by atoms with Crippen molar-refractivity contribution in [1.82, 2.24) is 9.78 Å². The molecule has 1 unspecified atom stereocenters. The summed E-state index contributed by atoms with van der Waals surface area (Å²) in [7, 11) is 2.02. The predicted molar refractivity (Wildman–Crippen MR) is 52.7 cm³/mol. The zero-order valence-electron chi connectivity index (χ0n) is 8.38. The molecule has 0 radical (unpaired) electrons. The lowest BCUT2D eigenvalue weighted by Crippen LogP contribution is -2.06. The minimum Gasteiger partial charge on any atom is -0.330 e. The van der Waals surface area contributed by atoms with E-state index >= 15 is 0 Å². The summed E-state index contributed by atoms with van der Waals surface area (Å²) in [6.45, 7) is 2.94. The first-order valence-corrected chi connectivity index (χ1v) is 4.96. The van der Waals surface area contributed by atoms with Crippen LogP contribution in [0.3, 0.4) is 0 Å². The number of nitrogens with zero attached hydrogens (tertiary/aromatic N) is 2.